The van der Waals surface area contributed by atoms with Gasteiger partial charge in [0.15, 0.2) is 5.76 Å². The Labute approximate surface area is 173 Å². The Bertz CT molecular complexity index is 774. The molecule has 0 aliphatic rings. The van der Waals surface area contributed by atoms with Gasteiger partial charge in [-0.25, -0.2) is 0 Å². The molecule has 1 aromatic carbocycles. The highest BCUT2D eigenvalue weighted by Crippen LogP contribution is 2.23. The Morgan fingerprint density at radius 3 is 2.57 bits per heavy atom. The first-order chi connectivity index (χ1) is 13.5. The molecule has 28 heavy (non-hydrogen) atoms. The molecular formula is C20H26BrN3O4. The van der Waals surface area contributed by atoms with Gasteiger partial charge >= 0.3 is 5.91 Å². The van der Waals surface area contributed by atoms with Crippen LogP contribution in [0.5, 0.6) is 5.75 Å². The molecule has 1 aromatic heterocycles. The van der Waals surface area contributed by atoms with Crippen LogP contribution in [0.15, 0.2) is 45.3 Å². The summed E-state index contributed by atoms with van der Waals surface area (Å²) in [5.41, 5.74) is 4.76. The van der Waals surface area contributed by atoms with Crippen molar-refractivity contribution in [2.24, 2.45) is 0 Å². The van der Waals surface area contributed by atoms with Crippen LogP contribution in [-0.2, 0) is 11.3 Å². The molecule has 8 heteroatoms. The molecule has 0 saturated heterocycles. The van der Waals surface area contributed by atoms with E-state index in [0.717, 1.165) is 23.3 Å². The van der Waals surface area contributed by atoms with Gasteiger partial charge in [0.2, 0.25) is 5.91 Å². The lowest BCUT2D eigenvalue weighted by Crippen LogP contribution is -2.41. The molecule has 152 valence electrons. The summed E-state index contributed by atoms with van der Waals surface area (Å²) in [6.45, 7) is 6.99. The van der Waals surface area contributed by atoms with Crippen molar-refractivity contribution in [3.05, 3.63) is 52.4 Å². The zero-order chi connectivity index (χ0) is 20.4. The average Bonchev–Trinajstić information content (AvgIpc) is 3.17. The smallest absolute Gasteiger partial charge is 0.305 e. The fraction of sp³-hybridized carbons (Fsp3) is 0.400. The minimum atomic E-state index is -0.483. The number of para-hydroxylation sites is 1. The molecule has 0 bridgehead atoms. The van der Waals surface area contributed by atoms with E-state index in [2.05, 4.69) is 45.5 Å². The number of benzene rings is 1. The van der Waals surface area contributed by atoms with E-state index in [1.54, 1.807) is 12.1 Å². The molecule has 2 rings (SSSR count). The first-order valence-corrected chi connectivity index (χ1v) is 10.1. The molecule has 0 aliphatic heterocycles. The minimum absolute atomic E-state index is 0.166. The zero-order valence-corrected chi connectivity index (χ0v) is 17.8. The molecular weight excluding hydrogens is 426 g/mol. The van der Waals surface area contributed by atoms with Crippen molar-refractivity contribution in [3.8, 4) is 5.75 Å². The van der Waals surface area contributed by atoms with Gasteiger partial charge in [-0.3, -0.25) is 25.3 Å². The van der Waals surface area contributed by atoms with Crippen molar-refractivity contribution in [2.75, 3.05) is 19.7 Å². The van der Waals surface area contributed by atoms with Gasteiger partial charge in [0.1, 0.15) is 11.5 Å². The highest BCUT2D eigenvalue weighted by Gasteiger charge is 2.13. The number of halogens is 1. The topological polar surface area (TPSA) is 83.8 Å². The van der Waals surface area contributed by atoms with E-state index in [9.17, 15) is 9.59 Å². The van der Waals surface area contributed by atoms with Crippen LogP contribution in [0, 0.1) is 0 Å². The van der Waals surface area contributed by atoms with Gasteiger partial charge in [-0.1, -0.05) is 26.0 Å². The number of hydrogen-bond acceptors (Lipinski definition) is 5. The van der Waals surface area contributed by atoms with Gasteiger partial charge in [0.05, 0.1) is 17.6 Å². The summed E-state index contributed by atoms with van der Waals surface area (Å²) in [4.78, 5) is 26.1. The van der Waals surface area contributed by atoms with Gasteiger partial charge in [-0.05, 0) is 59.7 Å². The monoisotopic (exact) mass is 451 g/mol. The number of amides is 2. The van der Waals surface area contributed by atoms with E-state index in [1.165, 1.54) is 0 Å². The molecule has 0 saturated carbocycles. The SMILES string of the molecule is CCN(CC)Cc1ccc(C(=O)NNC(=O)CCCOc2ccccc2Br)o1. The van der Waals surface area contributed by atoms with Crippen molar-refractivity contribution in [1.29, 1.82) is 0 Å². The molecule has 0 radical (unpaired) electrons. The summed E-state index contributed by atoms with van der Waals surface area (Å²) in [5.74, 6) is 0.835. The van der Waals surface area contributed by atoms with Crippen LogP contribution in [0.2, 0.25) is 0 Å². The molecule has 0 aliphatic carbocycles. The fourth-order valence-corrected chi connectivity index (χ4v) is 2.88. The summed E-state index contributed by atoms with van der Waals surface area (Å²) in [7, 11) is 0. The number of nitrogens with zero attached hydrogens (tertiary/aromatic N) is 1. The maximum atomic E-state index is 12.1. The number of nitrogens with one attached hydrogen (secondary N) is 2. The molecule has 1 heterocycles. The maximum Gasteiger partial charge on any atom is 0.305 e. The van der Waals surface area contributed by atoms with Crippen LogP contribution >= 0.6 is 15.9 Å². The van der Waals surface area contributed by atoms with E-state index in [-0.39, 0.29) is 18.1 Å². The third-order valence-corrected chi connectivity index (χ3v) is 4.77. The van der Waals surface area contributed by atoms with Crippen LogP contribution in [0.4, 0.5) is 0 Å². The summed E-state index contributed by atoms with van der Waals surface area (Å²) in [5, 5.41) is 0. The molecule has 7 nitrogen and oxygen atoms in total. The van der Waals surface area contributed by atoms with E-state index >= 15 is 0 Å². The van der Waals surface area contributed by atoms with Crippen LogP contribution in [0.1, 0.15) is 43.0 Å². The fourth-order valence-electron chi connectivity index (χ4n) is 2.48. The molecule has 0 atom stereocenters. The number of carbonyl (C=O) groups is 2. The lowest BCUT2D eigenvalue weighted by molar-refractivity contribution is -0.122. The summed E-state index contributed by atoms with van der Waals surface area (Å²) in [6.07, 6.45) is 0.758. The highest BCUT2D eigenvalue weighted by molar-refractivity contribution is 9.10. The minimum Gasteiger partial charge on any atom is -0.492 e. The number of furan rings is 1. The van der Waals surface area contributed by atoms with Crippen LogP contribution < -0.4 is 15.6 Å². The quantitative estimate of drug-likeness (QED) is 0.426. The summed E-state index contributed by atoms with van der Waals surface area (Å²) in [6, 6.07) is 10.9. The van der Waals surface area contributed by atoms with Crippen molar-refractivity contribution in [2.45, 2.75) is 33.2 Å². The predicted molar refractivity (Wildman–Crippen MR) is 110 cm³/mol. The van der Waals surface area contributed by atoms with Crippen molar-refractivity contribution in [3.63, 3.8) is 0 Å². The Morgan fingerprint density at radius 1 is 1.11 bits per heavy atom. The van der Waals surface area contributed by atoms with E-state index < -0.39 is 5.91 Å². The second kappa shape index (κ2) is 11.5. The number of rotatable bonds is 10. The Balaban J connectivity index is 1.67. The Morgan fingerprint density at radius 2 is 1.86 bits per heavy atom. The maximum absolute atomic E-state index is 12.1. The van der Waals surface area contributed by atoms with E-state index in [4.69, 9.17) is 9.15 Å². The van der Waals surface area contributed by atoms with Crippen LogP contribution in [0.3, 0.4) is 0 Å². The van der Waals surface area contributed by atoms with E-state index in [1.807, 2.05) is 24.3 Å². The van der Waals surface area contributed by atoms with Gasteiger partial charge in [-0.2, -0.15) is 0 Å². The predicted octanol–water partition coefficient (Wildman–Crippen LogP) is 3.50. The van der Waals surface area contributed by atoms with Gasteiger partial charge < -0.3 is 9.15 Å². The average molecular weight is 452 g/mol. The largest absolute Gasteiger partial charge is 0.492 e. The molecule has 0 spiro atoms. The van der Waals surface area contributed by atoms with Crippen LogP contribution in [-0.4, -0.2) is 36.4 Å². The van der Waals surface area contributed by atoms with Crippen molar-refractivity contribution < 1.29 is 18.7 Å². The van der Waals surface area contributed by atoms with Crippen molar-refractivity contribution in [1.82, 2.24) is 15.8 Å². The van der Waals surface area contributed by atoms with Crippen LogP contribution in [0.25, 0.3) is 0 Å². The molecule has 0 unspecified atom stereocenters. The van der Waals surface area contributed by atoms with Crippen molar-refractivity contribution >= 4 is 27.7 Å². The normalized spacial score (nSPS) is 10.7. The first-order valence-electron chi connectivity index (χ1n) is 9.31. The first kappa shape index (κ1) is 22.0. The van der Waals surface area contributed by atoms with Gasteiger partial charge in [0.25, 0.3) is 0 Å². The number of hydrogen-bond donors (Lipinski definition) is 2. The molecule has 2 aromatic rings. The lowest BCUT2D eigenvalue weighted by Gasteiger charge is -2.15. The molecule has 0 fully saturated rings. The molecule has 2 N–H and O–H groups in total. The standard InChI is InChI=1S/C20H26BrN3O4/c1-3-24(4-2)14-15-11-12-18(28-15)20(26)23-22-19(25)10-7-13-27-17-9-6-5-8-16(17)21/h5-6,8-9,11-12H,3-4,7,10,13-14H2,1-2H3,(H,22,25)(H,23,26). The number of carbonyl (C=O) groups excluding carboxylic acids is 2. The zero-order valence-electron chi connectivity index (χ0n) is 16.2. The highest BCUT2D eigenvalue weighted by atomic mass is 79.9. The van der Waals surface area contributed by atoms with E-state index in [0.29, 0.717) is 25.3 Å². The Kier molecular flexibility index (Phi) is 9.03. The molecule has 2 amide bonds. The Hall–Kier alpha value is -2.32. The summed E-state index contributed by atoms with van der Waals surface area (Å²) < 4.78 is 12.0. The third kappa shape index (κ3) is 7.01. The van der Waals surface area contributed by atoms with Gasteiger partial charge in [-0.15, -0.1) is 0 Å². The second-order valence-electron chi connectivity index (χ2n) is 6.11. The summed E-state index contributed by atoms with van der Waals surface area (Å²) >= 11 is 3.40. The second-order valence-corrected chi connectivity index (χ2v) is 6.97. The third-order valence-electron chi connectivity index (χ3n) is 4.12. The van der Waals surface area contributed by atoms with Gasteiger partial charge in [0, 0.05) is 6.42 Å². The number of hydrazine groups is 1. The number of ether oxygens (including phenoxy) is 1. The lowest BCUT2D eigenvalue weighted by atomic mass is 10.3.